The highest BCUT2D eigenvalue weighted by Gasteiger charge is 2.31. The minimum atomic E-state index is -3.72. The van der Waals surface area contributed by atoms with Crippen LogP contribution in [0, 0.1) is 0 Å². The molecule has 0 aliphatic rings. The van der Waals surface area contributed by atoms with Crippen LogP contribution in [0.3, 0.4) is 0 Å². The molecule has 3 aromatic rings. The number of halogens is 3. The van der Waals surface area contributed by atoms with E-state index in [1.807, 2.05) is 68.4 Å². The highest BCUT2D eigenvalue weighted by molar-refractivity contribution is 9.10. The van der Waals surface area contributed by atoms with Crippen LogP contribution in [0.25, 0.3) is 0 Å². The van der Waals surface area contributed by atoms with E-state index >= 15 is 0 Å². The van der Waals surface area contributed by atoms with Crippen LogP contribution in [0.4, 0.5) is 5.69 Å². The first-order valence-electron chi connectivity index (χ1n) is 13.2. The first-order chi connectivity index (χ1) is 19.3. The van der Waals surface area contributed by atoms with E-state index in [-0.39, 0.29) is 54.5 Å². The second kappa shape index (κ2) is 15.0. The van der Waals surface area contributed by atoms with Gasteiger partial charge in [-0.25, -0.2) is 8.42 Å². The largest absolute Gasteiger partial charge is 0.352 e. The van der Waals surface area contributed by atoms with Gasteiger partial charge in [-0.1, -0.05) is 81.6 Å². The molecule has 1 atom stereocenters. The van der Waals surface area contributed by atoms with E-state index in [1.165, 1.54) is 12.1 Å². The van der Waals surface area contributed by atoms with E-state index in [2.05, 4.69) is 21.2 Å². The summed E-state index contributed by atoms with van der Waals surface area (Å²) < 4.78 is 27.4. The van der Waals surface area contributed by atoms with Crippen LogP contribution in [0.5, 0.6) is 0 Å². The van der Waals surface area contributed by atoms with E-state index in [1.54, 1.807) is 11.0 Å². The fourth-order valence-electron chi connectivity index (χ4n) is 4.38. The van der Waals surface area contributed by atoms with Crippen molar-refractivity contribution in [2.24, 2.45) is 0 Å². The normalized spacial score (nSPS) is 12.2. The average molecular weight is 683 g/mol. The number of carbonyl (C=O) groups excluding carboxylic acids is 2. The van der Waals surface area contributed by atoms with E-state index in [4.69, 9.17) is 23.2 Å². The van der Waals surface area contributed by atoms with Gasteiger partial charge in [-0.3, -0.25) is 13.9 Å². The maximum absolute atomic E-state index is 13.8. The van der Waals surface area contributed by atoms with Gasteiger partial charge in [0.25, 0.3) is 0 Å². The molecule has 220 valence electrons. The smallest absolute Gasteiger partial charge is 0.243 e. The summed E-state index contributed by atoms with van der Waals surface area (Å²) in [6, 6.07) is 20.8. The molecule has 3 rings (SSSR count). The van der Waals surface area contributed by atoms with Gasteiger partial charge in [-0.15, -0.1) is 0 Å². The fourth-order valence-corrected chi connectivity index (χ4v) is 6.05. The Kier molecular flexibility index (Phi) is 12.1. The van der Waals surface area contributed by atoms with E-state index in [0.29, 0.717) is 11.4 Å². The summed E-state index contributed by atoms with van der Waals surface area (Å²) in [5, 5.41) is 3.54. The molecule has 0 aliphatic heterocycles. The molecule has 1 unspecified atom stereocenters. The van der Waals surface area contributed by atoms with Gasteiger partial charge in [0.15, 0.2) is 0 Å². The Bertz CT molecular complexity index is 1440. The Hall–Kier alpha value is -2.59. The molecular weight excluding hydrogens is 649 g/mol. The van der Waals surface area contributed by atoms with Crippen molar-refractivity contribution in [1.29, 1.82) is 0 Å². The Balaban J connectivity index is 1.89. The highest BCUT2D eigenvalue weighted by Crippen LogP contribution is 2.31. The van der Waals surface area contributed by atoms with Crippen molar-refractivity contribution in [3.63, 3.8) is 0 Å². The first kappa shape index (κ1) is 32.9. The van der Waals surface area contributed by atoms with Gasteiger partial charge in [0.05, 0.1) is 17.0 Å². The lowest BCUT2D eigenvalue weighted by molar-refractivity contribution is -0.141. The molecule has 1 N–H and O–H groups in total. The summed E-state index contributed by atoms with van der Waals surface area (Å²) in [4.78, 5) is 28.9. The zero-order chi connectivity index (χ0) is 30.2. The molecule has 0 bridgehead atoms. The van der Waals surface area contributed by atoms with Gasteiger partial charge in [0, 0.05) is 41.5 Å². The second-order valence-electron chi connectivity index (χ2n) is 10.1. The predicted molar refractivity (Wildman–Crippen MR) is 170 cm³/mol. The predicted octanol–water partition coefficient (Wildman–Crippen LogP) is 6.47. The molecule has 7 nitrogen and oxygen atoms in total. The van der Waals surface area contributed by atoms with Crippen molar-refractivity contribution >= 4 is 66.7 Å². The van der Waals surface area contributed by atoms with Gasteiger partial charge in [-0.05, 0) is 61.7 Å². The monoisotopic (exact) mass is 681 g/mol. The molecular formula is C30H34BrCl2N3O4S. The maximum atomic E-state index is 13.8. The molecule has 2 amide bonds. The number of benzene rings is 3. The SMILES string of the molecule is CC(C)NC(=O)C(Cc1ccccc1)N(Cc1ccc(Br)cc1)C(=O)CCCN(c1cc(Cl)ccc1Cl)S(C)(=O)=O. The maximum Gasteiger partial charge on any atom is 0.243 e. The minimum Gasteiger partial charge on any atom is -0.352 e. The van der Waals surface area contributed by atoms with Crippen LogP contribution >= 0.6 is 39.1 Å². The summed E-state index contributed by atoms with van der Waals surface area (Å²) in [6.07, 6.45) is 1.63. The third kappa shape index (κ3) is 10.0. The van der Waals surface area contributed by atoms with Crippen LogP contribution in [0.15, 0.2) is 77.3 Å². The summed E-state index contributed by atoms with van der Waals surface area (Å²) in [7, 11) is -3.72. The lowest BCUT2D eigenvalue weighted by atomic mass is 10.0. The van der Waals surface area contributed by atoms with Gasteiger partial charge >= 0.3 is 0 Å². The van der Waals surface area contributed by atoms with E-state index < -0.39 is 16.1 Å². The second-order valence-corrected chi connectivity index (χ2v) is 13.7. The average Bonchev–Trinajstić information content (AvgIpc) is 2.90. The highest BCUT2D eigenvalue weighted by atomic mass is 79.9. The molecule has 0 saturated carbocycles. The quantitative estimate of drug-likeness (QED) is 0.224. The third-order valence-corrected chi connectivity index (χ3v) is 8.56. The number of hydrogen-bond acceptors (Lipinski definition) is 4. The van der Waals surface area contributed by atoms with Crippen molar-refractivity contribution in [3.05, 3.63) is 98.4 Å². The summed E-state index contributed by atoms with van der Waals surface area (Å²) >= 11 is 15.8. The topological polar surface area (TPSA) is 86.8 Å². The van der Waals surface area contributed by atoms with Crippen molar-refractivity contribution < 1.29 is 18.0 Å². The molecule has 0 aromatic heterocycles. The van der Waals surface area contributed by atoms with Crippen molar-refractivity contribution in [3.8, 4) is 0 Å². The number of amides is 2. The lowest BCUT2D eigenvalue weighted by Gasteiger charge is -2.32. The molecule has 0 aliphatic carbocycles. The zero-order valence-electron chi connectivity index (χ0n) is 23.2. The zero-order valence-corrected chi connectivity index (χ0v) is 27.1. The number of nitrogens with one attached hydrogen (secondary N) is 1. The van der Waals surface area contributed by atoms with Crippen molar-refractivity contribution in [2.75, 3.05) is 17.1 Å². The van der Waals surface area contributed by atoms with Crippen LogP contribution in [0.2, 0.25) is 10.0 Å². The van der Waals surface area contributed by atoms with Crippen LogP contribution in [0.1, 0.15) is 37.8 Å². The molecule has 11 heteroatoms. The standard InChI is InChI=1S/C30H34BrCl2N3O4S/c1-21(2)34-30(38)28(18-22-8-5-4-6-9-22)35(20-23-11-13-24(31)14-12-23)29(37)10-7-17-36(41(3,39)40)27-19-25(32)15-16-26(27)33/h4-6,8-9,11-16,19,21,28H,7,10,17-18,20H2,1-3H3,(H,34,38). The van der Waals surface area contributed by atoms with Gasteiger partial charge < -0.3 is 10.2 Å². The van der Waals surface area contributed by atoms with Crippen LogP contribution < -0.4 is 9.62 Å². The molecule has 0 spiro atoms. The Morgan fingerprint density at radius 2 is 1.61 bits per heavy atom. The van der Waals surface area contributed by atoms with Gasteiger partial charge in [0.1, 0.15) is 6.04 Å². The number of sulfonamides is 1. The summed E-state index contributed by atoms with van der Waals surface area (Å²) in [5.74, 6) is -0.517. The molecule has 0 saturated heterocycles. The fraction of sp³-hybridized carbons (Fsp3) is 0.333. The Morgan fingerprint density at radius 3 is 2.22 bits per heavy atom. The van der Waals surface area contributed by atoms with Crippen molar-refractivity contribution in [1.82, 2.24) is 10.2 Å². The molecule has 0 heterocycles. The number of hydrogen-bond donors (Lipinski definition) is 1. The number of carbonyl (C=O) groups is 2. The first-order valence-corrected chi connectivity index (χ1v) is 16.6. The minimum absolute atomic E-state index is 0.0122. The molecule has 0 radical (unpaired) electrons. The summed E-state index contributed by atoms with van der Waals surface area (Å²) in [6.45, 7) is 3.97. The van der Waals surface area contributed by atoms with Crippen molar-refractivity contribution in [2.45, 2.75) is 51.7 Å². The number of rotatable bonds is 13. The third-order valence-electron chi connectivity index (χ3n) is 6.30. The Labute approximate surface area is 261 Å². The Morgan fingerprint density at radius 1 is 0.951 bits per heavy atom. The molecule has 3 aromatic carbocycles. The summed E-state index contributed by atoms with van der Waals surface area (Å²) in [5.41, 5.74) is 2.03. The van der Waals surface area contributed by atoms with Gasteiger partial charge in [-0.2, -0.15) is 0 Å². The molecule has 0 fully saturated rings. The van der Waals surface area contributed by atoms with E-state index in [9.17, 15) is 18.0 Å². The number of nitrogens with zero attached hydrogens (tertiary/aromatic N) is 2. The van der Waals surface area contributed by atoms with Crippen LogP contribution in [-0.2, 0) is 32.6 Å². The molecule has 41 heavy (non-hydrogen) atoms. The van der Waals surface area contributed by atoms with Crippen LogP contribution in [-0.4, -0.2) is 50.0 Å². The lowest BCUT2D eigenvalue weighted by Crippen LogP contribution is -2.51. The van der Waals surface area contributed by atoms with E-state index in [0.717, 1.165) is 26.2 Å². The van der Waals surface area contributed by atoms with Gasteiger partial charge in [0.2, 0.25) is 21.8 Å². The number of anilines is 1.